The van der Waals surface area contributed by atoms with E-state index < -0.39 is 0 Å². The molecule has 1 atom stereocenters. The molecule has 1 heterocycles. The Kier molecular flexibility index (Phi) is 1.38. The molecule has 38 valence electrons. The van der Waals surface area contributed by atoms with Crippen molar-refractivity contribution in [3.05, 3.63) is 17.1 Å². The van der Waals surface area contributed by atoms with Crippen molar-refractivity contribution in [2.75, 3.05) is 7.11 Å². The Morgan fingerprint density at radius 2 is 2.57 bits per heavy atom. The van der Waals surface area contributed by atoms with Crippen LogP contribution in [0.2, 0.25) is 0 Å². The molecule has 0 N–H and O–H groups in total. The quantitative estimate of drug-likeness (QED) is 0.508. The van der Waals surface area contributed by atoms with E-state index in [-0.39, 0.29) is 10.8 Å². The molecular formula is C4H6NOS+. The zero-order valence-corrected chi connectivity index (χ0v) is 4.81. The van der Waals surface area contributed by atoms with Crippen LogP contribution in [0.5, 0.6) is 0 Å². The maximum Gasteiger partial charge on any atom is 0.266 e. The van der Waals surface area contributed by atoms with Crippen LogP contribution in [0.4, 0.5) is 0 Å². The van der Waals surface area contributed by atoms with Crippen molar-refractivity contribution in [2.45, 2.75) is 0 Å². The van der Waals surface area contributed by atoms with Gasteiger partial charge >= 0.3 is 0 Å². The first-order valence-corrected chi connectivity index (χ1v) is 3.17. The lowest BCUT2D eigenvalue weighted by atomic mass is 11.0. The number of hydrogen-bond donors (Lipinski definition) is 0. The highest BCUT2D eigenvalue weighted by Crippen LogP contribution is 2.07. The maximum atomic E-state index is 4.90. The number of aromatic nitrogens is 1. The number of thiazole rings is 1. The number of hydrogen-bond acceptors (Lipinski definition) is 2. The zero-order chi connectivity index (χ0) is 5.11. The fourth-order valence-corrected chi connectivity index (χ4v) is 0.972. The van der Waals surface area contributed by atoms with Crippen molar-refractivity contribution >= 4 is 10.8 Å². The molecular weight excluding hydrogens is 110 g/mol. The molecule has 0 saturated heterocycles. The van der Waals surface area contributed by atoms with Gasteiger partial charge in [-0.1, -0.05) is 0 Å². The van der Waals surface area contributed by atoms with Crippen LogP contribution in [0.1, 0.15) is 0 Å². The van der Waals surface area contributed by atoms with Crippen molar-refractivity contribution in [3.8, 4) is 0 Å². The van der Waals surface area contributed by atoms with Gasteiger partial charge in [0.2, 0.25) is 0 Å². The number of nitrogens with zero attached hydrogens (tertiary/aromatic N) is 1. The first kappa shape index (κ1) is 4.74. The van der Waals surface area contributed by atoms with Gasteiger partial charge in [0.15, 0.2) is 16.1 Å². The zero-order valence-electron chi connectivity index (χ0n) is 4.00. The minimum atomic E-state index is -0.106. The second-order valence-corrected chi connectivity index (χ2v) is 2.51. The SMILES string of the molecule is CO[s+]1ccnc1. The van der Waals surface area contributed by atoms with Gasteiger partial charge < -0.3 is 0 Å². The Balaban J connectivity index is 2.76. The van der Waals surface area contributed by atoms with Crippen LogP contribution in [0, 0.1) is 0 Å². The van der Waals surface area contributed by atoms with E-state index in [4.69, 9.17) is 4.18 Å². The van der Waals surface area contributed by atoms with Crippen molar-refractivity contribution in [1.29, 1.82) is 0 Å². The predicted molar refractivity (Wildman–Crippen MR) is 29.2 cm³/mol. The third-order valence-electron chi connectivity index (χ3n) is 0.638. The van der Waals surface area contributed by atoms with Gasteiger partial charge in [0, 0.05) is 0 Å². The standard InChI is InChI=1S/C4H6NOS/c1-6-7-3-2-5-4-7/h2-4H,1H3/q+1. The van der Waals surface area contributed by atoms with Crippen molar-refractivity contribution in [3.63, 3.8) is 0 Å². The van der Waals surface area contributed by atoms with E-state index in [2.05, 4.69) is 4.98 Å². The van der Waals surface area contributed by atoms with Crippen molar-refractivity contribution in [2.24, 2.45) is 0 Å². The molecule has 0 amide bonds. The van der Waals surface area contributed by atoms with Crippen LogP contribution in [0.25, 0.3) is 0 Å². The summed E-state index contributed by atoms with van der Waals surface area (Å²) >= 11 is 0. The van der Waals surface area contributed by atoms with Gasteiger partial charge in [-0.15, -0.1) is 0 Å². The molecule has 0 aliphatic heterocycles. The average Bonchev–Trinajstić information content (AvgIpc) is 2.14. The lowest BCUT2D eigenvalue weighted by molar-refractivity contribution is 0.550. The molecule has 3 heteroatoms. The molecule has 0 spiro atoms. The first-order chi connectivity index (χ1) is 3.43. The van der Waals surface area contributed by atoms with Gasteiger partial charge in [-0.2, -0.15) is 4.18 Å². The van der Waals surface area contributed by atoms with Crippen molar-refractivity contribution in [1.82, 2.24) is 4.98 Å². The van der Waals surface area contributed by atoms with Crippen LogP contribution in [0.15, 0.2) is 17.1 Å². The molecule has 1 aromatic rings. The fraction of sp³-hybridized carbons (Fsp3) is 0.250. The molecule has 0 aromatic carbocycles. The maximum absolute atomic E-state index is 4.90. The molecule has 0 radical (unpaired) electrons. The van der Waals surface area contributed by atoms with Gasteiger partial charge in [0.05, 0.1) is 13.3 Å². The topological polar surface area (TPSA) is 22.1 Å². The Morgan fingerprint density at radius 1 is 1.71 bits per heavy atom. The predicted octanol–water partition coefficient (Wildman–Crippen LogP) is 0.889. The normalized spacial score (nSPS) is 11.9. The highest BCUT2D eigenvalue weighted by Gasteiger charge is 1.95. The molecule has 0 bridgehead atoms. The minimum Gasteiger partial charge on any atom is -0.205 e. The lowest BCUT2D eigenvalue weighted by Crippen LogP contribution is -1.73. The second kappa shape index (κ2) is 2.04. The summed E-state index contributed by atoms with van der Waals surface area (Å²) in [5.74, 6) is 0. The molecule has 7 heavy (non-hydrogen) atoms. The van der Waals surface area contributed by atoms with Crippen LogP contribution >= 0.6 is 10.8 Å². The van der Waals surface area contributed by atoms with E-state index in [0.717, 1.165) is 0 Å². The minimum absolute atomic E-state index is 0.106. The summed E-state index contributed by atoms with van der Waals surface area (Å²) in [6, 6.07) is 0. The number of rotatable bonds is 1. The summed E-state index contributed by atoms with van der Waals surface area (Å²) in [5, 5.41) is 1.92. The summed E-state index contributed by atoms with van der Waals surface area (Å²) < 4.78 is 4.90. The molecule has 0 aliphatic carbocycles. The first-order valence-electron chi connectivity index (χ1n) is 1.90. The molecule has 1 unspecified atom stereocenters. The highest BCUT2D eigenvalue weighted by molar-refractivity contribution is 7.23. The van der Waals surface area contributed by atoms with Crippen LogP contribution in [0.3, 0.4) is 0 Å². The van der Waals surface area contributed by atoms with Gasteiger partial charge in [-0.3, -0.25) is 0 Å². The second-order valence-electron chi connectivity index (χ2n) is 1.03. The molecule has 0 saturated carbocycles. The third-order valence-corrected chi connectivity index (χ3v) is 1.74. The van der Waals surface area contributed by atoms with E-state index in [9.17, 15) is 0 Å². The van der Waals surface area contributed by atoms with E-state index >= 15 is 0 Å². The van der Waals surface area contributed by atoms with Crippen LogP contribution < -0.4 is 4.18 Å². The van der Waals surface area contributed by atoms with Gasteiger partial charge in [0.25, 0.3) is 5.51 Å². The lowest BCUT2D eigenvalue weighted by Gasteiger charge is -1.68. The Morgan fingerprint density at radius 3 is 2.86 bits per heavy atom. The molecule has 0 fully saturated rings. The third kappa shape index (κ3) is 0.976. The summed E-state index contributed by atoms with van der Waals surface area (Å²) in [6.45, 7) is 0. The van der Waals surface area contributed by atoms with E-state index in [1.165, 1.54) is 0 Å². The van der Waals surface area contributed by atoms with E-state index in [0.29, 0.717) is 0 Å². The summed E-state index contributed by atoms with van der Waals surface area (Å²) in [5.41, 5.74) is 1.78. The molecule has 1 aromatic heterocycles. The highest BCUT2D eigenvalue weighted by atomic mass is 32.2. The average molecular weight is 116 g/mol. The molecule has 2 nitrogen and oxygen atoms in total. The Hall–Kier alpha value is -0.410. The Bertz CT molecular complexity index is 126. The molecule has 1 rings (SSSR count). The van der Waals surface area contributed by atoms with E-state index in [1.807, 2.05) is 5.38 Å². The summed E-state index contributed by atoms with van der Waals surface area (Å²) in [7, 11) is 1.56. The van der Waals surface area contributed by atoms with Crippen LogP contribution in [-0.2, 0) is 0 Å². The fourth-order valence-electron chi connectivity index (χ4n) is 0.324. The van der Waals surface area contributed by atoms with Crippen LogP contribution in [-0.4, -0.2) is 12.1 Å². The monoisotopic (exact) mass is 116 g/mol. The van der Waals surface area contributed by atoms with E-state index in [1.54, 1.807) is 18.8 Å². The van der Waals surface area contributed by atoms with Crippen molar-refractivity contribution < 1.29 is 4.18 Å². The summed E-state index contributed by atoms with van der Waals surface area (Å²) in [4.78, 5) is 3.82. The molecule has 0 aliphatic rings. The van der Waals surface area contributed by atoms with Gasteiger partial charge in [-0.05, 0) is 0 Å². The van der Waals surface area contributed by atoms with Gasteiger partial charge in [-0.25, -0.2) is 4.98 Å². The van der Waals surface area contributed by atoms with Gasteiger partial charge in [0.1, 0.15) is 0 Å². The Labute approximate surface area is 44.9 Å². The largest absolute Gasteiger partial charge is 0.266 e. The summed E-state index contributed by atoms with van der Waals surface area (Å²) in [6.07, 6.45) is 1.74. The smallest absolute Gasteiger partial charge is 0.205 e.